The predicted molar refractivity (Wildman–Crippen MR) is 98.0 cm³/mol. The van der Waals surface area contributed by atoms with Gasteiger partial charge in [-0.2, -0.15) is 0 Å². The van der Waals surface area contributed by atoms with Crippen molar-refractivity contribution in [3.05, 3.63) is 84.2 Å². The smallest absolute Gasteiger partial charge is 0.252 e. The van der Waals surface area contributed by atoms with Crippen LogP contribution in [0.25, 0.3) is 5.69 Å². The molecule has 2 aromatic carbocycles. The summed E-state index contributed by atoms with van der Waals surface area (Å²) in [5, 5.41) is 2.80. The fourth-order valence-electron chi connectivity index (χ4n) is 2.34. The first-order chi connectivity index (χ1) is 12.3. The molecule has 0 aliphatic carbocycles. The van der Waals surface area contributed by atoms with Gasteiger partial charge in [-0.15, -0.1) is 0 Å². The molecule has 0 aliphatic rings. The molecule has 3 aromatic rings. The first-order valence-corrected chi connectivity index (χ1v) is 7.91. The number of aromatic nitrogens is 1. The molecule has 4 heteroatoms. The van der Waals surface area contributed by atoms with Crippen molar-refractivity contribution in [1.82, 2.24) is 9.88 Å². The molecule has 0 unspecified atom stereocenters. The maximum Gasteiger partial charge on any atom is 0.252 e. The molecule has 3 rings (SSSR count). The van der Waals surface area contributed by atoms with Gasteiger partial charge in [0.05, 0.1) is 13.7 Å². The zero-order valence-corrected chi connectivity index (χ0v) is 13.9. The third-order valence-electron chi connectivity index (χ3n) is 3.69. The van der Waals surface area contributed by atoms with E-state index in [1.54, 1.807) is 7.11 Å². The maximum atomic E-state index is 12.1. The lowest BCUT2D eigenvalue weighted by molar-refractivity contribution is 0.0958. The molecule has 0 fully saturated rings. The Morgan fingerprint density at radius 1 is 1.04 bits per heavy atom. The first kappa shape index (κ1) is 16.4. The number of nitrogens with zero attached hydrogens (tertiary/aromatic N) is 1. The number of amides is 1. The Balaban J connectivity index is 1.55. The summed E-state index contributed by atoms with van der Waals surface area (Å²) in [5.74, 6) is 6.61. The van der Waals surface area contributed by atoms with Crippen LogP contribution in [0.4, 0.5) is 0 Å². The number of rotatable bonds is 4. The zero-order valence-electron chi connectivity index (χ0n) is 13.9. The van der Waals surface area contributed by atoms with Gasteiger partial charge in [-0.25, -0.2) is 0 Å². The van der Waals surface area contributed by atoms with E-state index in [0.29, 0.717) is 12.1 Å². The van der Waals surface area contributed by atoms with E-state index in [0.717, 1.165) is 17.0 Å². The highest BCUT2D eigenvalue weighted by Gasteiger charge is 2.04. The van der Waals surface area contributed by atoms with Crippen LogP contribution in [0.5, 0.6) is 5.75 Å². The second-order valence-electron chi connectivity index (χ2n) is 5.35. The first-order valence-electron chi connectivity index (χ1n) is 7.91. The van der Waals surface area contributed by atoms with E-state index >= 15 is 0 Å². The molecule has 1 N–H and O–H groups in total. The van der Waals surface area contributed by atoms with Crippen LogP contribution in [0, 0.1) is 11.8 Å². The highest BCUT2D eigenvalue weighted by molar-refractivity contribution is 5.94. The van der Waals surface area contributed by atoms with Gasteiger partial charge >= 0.3 is 0 Å². The Labute approximate surface area is 147 Å². The van der Waals surface area contributed by atoms with Gasteiger partial charge in [-0.3, -0.25) is 4.79 Å². The zero-order chi connectivity index (χ0) is 17.5. The Hall–Kier alpha value is -3.45. The van der Waals surface area contributed by atoms with Gasteiger partial charge in [0.15, 0.2) is 0 Å². The van der Waals surface area contributed by atoms with Crippen LogP contribution >= 0.6 is 0 Å². The molecule has 0 saturated carbocycles. The van der Waals surface area contributed by atoms with Gasteiger partial charge in [-0.1, -0.05) is 11.8 Å². The summed E-state index contributed by atoms with van der Waals surface area (Å²) in [5.41, 5.74) is 2.51. The standard InChI is InChI=1S/C21H18N2O2/c1-25-20-12-6-17(7-13-20)5-4-14-22-21(24)18-8-10-19(11-9-18)23-15-2-3-16-23/h2-3,6-13,15-16H,14H2,1H3,(H,22,24). The largest absolute Gasteiger partial charge is 0.497 e. The minimum atomic E-state index is -0.136. The number of hydrogen-bond acceptors (Lipinski definition) is 2. The second-order valence-corrected chi connectivity index (χ2v) is 5.35. The average molecular weight is 330 g/mol. The van der Waals surface area contributed by atoms with Gasteiger partial charge in [0.2, 0.25) is 0 Å². The molecule has 25 heavy (non-hydrogen) atoms. The van der Waals surface area contributed by atoms with Crippen molar-refractivity contribution in [3.8, 4) is 23.3 Å². The third-order valence-corrected chi connectivity index (χ3v) is 3.69. The molecule has 1 amide bonds. The van der Waals surface area contributed by atoms with Crippen molar-refractivity contribution in [2.45, 2.75) is 0 Å². The topological polar surface area (TPSA) is 43.3 Å². The molecular formula is C21H18N2O2. The minimum Gasteiger partial charge on any atom is -0.497 e. The van der Waals surface area contributed by atoms with Crippen molar-refractivity contribution < 1.29 is 9.53 Å². The summed E-state index contributed by atoms with van der Waals surface area (Å²) < 4.78 is 7.09. The quantitative estimate of drug-likeness (QED) is 0.746. The Morgan fingerprint density at radius 3 is 2.36 bits per heavy atom. The summed E-state index contributed by atoms with van der Waals surface area (Å²) >= 11 is 0. The van der Waals surface area contributed by atoms with Crippen molar-refractivity contribution >= 4 is 5.91 Å². The van der Waals surface area contributed by atoms with E-state index in [2.05, 4.69) is 17.2 Å². The lowest BCUT2D eigenvalue weighted by atomic mass is 10.2. The normalized spacial score (nSPS) is 9.80. The molecule has 1 heterocycles. The van der Waals surface area contributed by atoms with E-state index < -0.39 is 0 Å². The summed E-state index contributed by atoms with van der Waals surface area (Å²) in [7, 11) is 1.63. The fraction of sp³-hybridized carbons (Fsp3) is 0.0952. The molecule has 4 nitrogen and oxygen atoms in total. The van der Waals surface area contributed by atoms with Crippen LogP contribution in [0.1, 0.15) is 15.9 Å². The second kappa shape index (κ2) is 7.89. The maximum absolute atomic E-state index is 12.1. The van der Waals surface area contributed by atoms with Gasteiger partial charge < -0.3 is 14.6 Å². The van der Waals surface area contributed by atoms with Crippen molar-refractivity contribution in [2.24, 2.45) is 0 Å². The summed E-state index contributed by atoms with van der Waals surface area (Å²) in [6, 6.07) is 18.8. The lowest BCUT2D eigenvalue weighted by Crippen LogP contribution is -2.23. The number of ether oxygens (including phenoxy) is 1. The molecule has 1 aromatic heterocycles. The fourth-order valence-corrected chi connectivity index (χ4v) is 2.34. The van der Waals surface area contributed by atoms with E-state index in [9.17, 15) is 4.79 Å². The van der Waals surface area contributed by atoms with Crippen LogP contribution in [0.3, 0.4) is 0 Å². The highest BCUT2D eigenvalue weighted by Crippen LogP contribution is 2.11. The van der Waals surface area contributed by atoms with Crippen LogP contribution in [-0.4, -0.2) is 24.1 Å². The average Bonchev–Trinajstić information content (AvgIpc) is 3.20. The van der Waals surface area contributed by atoms with Crippen LogP contribution in [0.15, 0.2) is 73.1 Å². The number of hydrogen-bond donors (Lipinski definition) is 1. The number of carbonyl (C=O) groups is 1. The summed E-state index contributed by atoms with van der Waals surface area (Å²) in [6.07, 6.45) is 3.92. The minimum absolute atomic E-state index is 0.136. The Morgan fingerprint density at radius 2 is 1.72 bits per heavy atom. The molecule has 0 spiro atoms. The molecular weight excluding hydrogens is 312 g/mol. The molecule has 0 aliphatic heterocycles. The van der Waals surface area contributed by atoms with E-state index in [1.165, 1.54) is 0 Å². The summed E-state index contributed by atoms with van der Waals surface area (Å²) in [4.78, 5) is 12.1. The number of benzene rings is 2. The van der Waals surface area contributed by atoms with Gasteiger partial charge in [-0.05, 0) is 60.7 Å². The SMILES string of the molecule is COc1ccc(C#CCNC(=O)c2ccc(-n3cccc3)cc2)cc1. The van der Waals surface area contributed by atoms with Crippen molar-refractivity contribution in [3.63, 3.8) is 0 Å². The number of carbonyl (C=O) groups excluding carboxylic acids is 1. The highest BCUT2D eigenvalue weighted by atomic mass is 16.5. The van der Waals surface area contributed by atoms with Gasteiger partial charge in [0, 0.05) is 29.2 Å². The Kier molecular flexibility index (Phi) is 5.18. The van der Waals surface area contributed by atoms with Crippen LogP contribution in [0.2, 0.25) is 0 Å². The van der Waals surface area contributed by atoms with Gasteiger partial charge in [0.1, 0.15) is 5.75 Å². The van der Waals surface area contributed by atoms with Crippen molar-refractivity contribution in [2.75, 3.05) is 13.7 Å². The molecule has 0 bridgehead atoms. The molecule has 0 radical (unpaired) electrons. The molecule has 0 atom stereocenters. The van der Waals surface area contributed by atoms with Gasteiger partial charge in [0.25, 0.3) is 5.91 Å². The van der Waals surface area contributed by atoms with Crippen molar-refractivity contribution in [1.29, 1.82) is 0 Å². The predicted octanol–water partition coefficient (Wildman–Crippen LogP) is 3.27. The monoisotopic (exact) mass is 330 g/mol. The summed E-state index contributed by atoms with van der Waals surface area (Å²) in [6.45, 7) is 0.296. The molecule has 124 valence electrons. The van der Waals surface area contributed by atoms with Crippen LogP contribution < -0.4 is 10.1 Å². The Bertz CT molecular complexity index is 884. The van der Waals surface area contributed by atoms with E-state index in [1.807, 2.05) is 77.6 Å². The van der Waals surface area contributed by atoms with E-state index in [-0.39, 0.29) is 5.91 Å². The third kappa shape index (κ3) is 4.30. The van der Waals surface area contributed by atoms with Crippen LogP contribution in [-0.2, 0) is 0 Å². The number of nitrogens with one attached hydrogen (secondary N) is 1. The number of methoxy groups -OCH3 is 1. The van der Waals surface area contributed by atoms with E-state index in [4.69, 9.17) is 4.74 Å². The molecule has 0 saturated heterocycles. The lowest BCUT2D eigenvalue weighted by Gasteiger charge is -2.05.